The van der Waals surface area contributed by atoms with Crippen molar-refractivity contribution in [2.75, 3.05) is 0 Å². The Balaban J connectivity index is 1.63. The molecule has 7 heteroatoms. The summed E-state index contributed by atoms with van der Waals surface area (Å²) in [5.74, 6) is 0.678. The van der Waals surface area contributed by atoms with Gasteiger partial charge in [-0.15, -0.1) is 0 Å². The molecule has 3 aliphatic carbocycles. The molecule has 4 rings (SSSR count). The van der Waals surface area contributed by atoms with Crippen molar-refractivity contribution in [3.63, 3.8) is 0 Å². The fraction of sp³-hybridized carbons (Fsp3) is 0.526. The lowest BCUT2D eigenvalue weighted by Crippen LogP contribution is -2.42. The molecule has 4 atom stereocenters. The van der Waals surface area contributed by atoms with Gasteiger partial charge >= 0.3 is 16.3 Å². The largest absolute Gasteiger partial charge is 0.478 e. The number of carbonyl (C=O) groups is 1. The number of fused-ring (bicyclic) bond motifs is 5. The van der Waals surface area contributed by atoms with Crippen molar-refractivity contribution >= 4 is 16.3 Å². The molecule has 0 aromatic heterocycles. The molecule has 0 spiro atoms. The van der Waals surface area contributed by atoms with Gasteiger partial charge in [0.05, 0.1) is 0 Å². The predicted octanol–water partition coefficient (Wildman–Crippen LogP) is 2.75. The second kappa shape index (κ2) is 5.82. The molecule has 0 saturated heterocycles. The van der Waals surface area contributed by atoms with E-state index in [0.29, 0.717) is 23.3 Å². The Morgan fingerprint density at radius 3 is 2.81 bits per heavy atom. The second-order valence-corrected chi connectivity index (χ2v) is 9.12. The number of carboxylic acid groups (broad SMARTS) is 1. The number of benzene rings is 1. The van der Waals surface area contributed by atoms with Gasteiger partial charge in [0.1, 0.15) is 5.75 Å². The van der Waals surface area contributed by atoms with Crippen LogP contribution in [-0.4, -0.2) is 19.5 Å². The van der Waals surface area contributed by atoms with E-state index in [1.807, 2.05) is 12.1 Å². The first-order valence-electron chi connectivity index (χ1n) is 8.98. The van der Waals surface area contributed by atoms with Crippen LogP contribution in [0.25, 0.3) is 0 Å². The average molecular weight is 377 g/mol. The van der Waals surface area contributed by atoms with Crippen LogP contribution in [0.5, 0.6) is 5.75 Å². The van der Waals surface area contributed by atoms with Crippen LogP contribution in [0.1, 0.15) is 49.7 Å². The molecule has 26 heavy (non-hydrogen) atoms. The Morgan fingerprint density at radius 2 is 2.12 bits per heavy atom. The van der Waals surface area contributed by atoms with Gasteiger partial charge in [-0.3, -0.25) is 0 Å². The van der Waals surface area contributed by atoms with E-state index < -0.39 is 16.3 Å². The average Bonchev–Trinajstić information content (AvgIpc) is 2.90. The zero-order chi connectivity index (χ0) is 18.7. The molecule has 0 heterocycles. The third kappa shape index (κ3) is 2.74. The third-order valence-corrected chi connectivity index (χ3v) is 7.15. The van der Waals surface area contributed by atoms with Gasteiger partial charge in [0.15, 0.2) is 0 Å². The van der Waals surface area contributed by atoms with Gasteiger partial charge in [-0.05, 0) is 73.1 Å². The van der Waals surface area contributed by atoms with Crippen LogP contribution >= 0.6 is 0 Å². The molecule has 1 fully saturated rings. The number of aliphatic carboxylic acids is 1. The lowest BCUT2D eigenvalue weighted by molar-refractivity contribution is -0.134. The number of nitrogens with two attached hydrogens (primary N) is 1. The van der Waals surface area contributed by atoms with E-state index in [0.717, 1.165) is 37.7 Å². The number of rotatable bonds is 3. The highest BCUT2D eigenvalue weighted by molar-refractivity contribution is 7.84. The molecular weight excluding hydrogens is 354 g/mol. The lowest BCUT2D eigenvalue weighted by Gasteiger charge is -2.49. The highest BCUT2D eigenvalue weighted by atomic mass is 32.2. The summed E-state index contributed by atoms with van der Waals surface area (Å²) >= 11 is 0. The van der Waals surface area contributed by atoms with E-state index in [-0.39, 0.29) is 11.2 Å². The quantitative estimate of drug-likeness (QED) is 0.842. The maximum Gasteiger partial charge on any atom is 0.380 e. The molecule has 140 valence electrons. The Morgan fingerprint density at radius 1 is 1.35 bits per heavy atom. The van der Waals surface area contributed by atoms with Crippen molar-refractivity contribution in [2.45, 2.75) is 44.9 Å². The Hall–Kier alpha value is -1.86. The smallest absolute Gasteiger partial charge is 0.380 e. The summed E-state index contributed by atoms with van der Waals surface area (Å²) in [5, 5.41) is 14.5. The summed E-state index contributed by atoms with van der Waals surface area (Å²) in [4.78, 5) is 11.6. The minimum atomic E-state index is -4.02. The minimum absolute atomic E-state index is 0.235. The van der Waals surface area contributed by atoms with E-state index in [2.05, 4.69) is 6.92 Å². The molecular formula is C19H23NO5S. The molecule has 1 saturated carbocycles. The third-order valence-electron chi connectivity index (χ3n) is 6.72. The predicted molar refractivity (Wildman–Crippen MR) is 95.9 cm³/mol. The van der Waals surface area contributed by atoms with Gasteiger partial charge in [0.2, 0.25) is 0 Å². The van der Waals surface area contributed by atoms with E-state index >= 15 is 0 Å². The highest BCUT2D eigenvalue weighted by Crippen LogP contribution is 2.61. The molecule has 0 aliphatic heterocycles. The molecule has 0 amide bonds. The van der Waals surface area contributed by atoms with Gasteiger partial charge < -0.3 is 9.29 Å². The van der Waals surface area contributed by atoms with Crippen molar-refractivity contribution in [1.29, 1.82) is 0 Å². The molecule has 1 aromatic carbocycles. The van der Waals surface area contributed by atoms with E-state index in [1.165, 1.54) is 5.56 Å². The van der Waals surface area contributed by atoms with Gasteiger partial charge in [0, 0.05) is 11.0 Å². The van der Waals surface area contributed by atoms with E-state index in [9.17, 15) is 18.3 Å². The summed E-state index contributed by atoms with van der Waals surface area (Å²) in [5.41, 5.74) is 2.71. The number of aryl methyl sites for hydroxylation is 1. The molecule has 0 bridgehead atoms. The molecule has 0 radical (unpaired) electrons. The van der Waals surface area contributed by atoms with E-state index in [4.69, 9.17) is 9.32 Å². The number of hydrogen-bond acceptors (Lipinski definition) is 4. The first-order valence-corrected chi connectivity index (χ1v) is 10.4. The first-order chi connectivity index (χ1) is 12.2. The summed E-state index contributed by atoms with van der Waals surface area (Å²) in [6.07, 6.45) is 6.40. The summed E-state index contributed by atoms with van der Waals surface area (Å²) < 4.78 is 27.1. The molecule has 3 aliphatic rings. The molecule has 1 aromatic rings. The van der Waals surface area contributed by atoms with Crippen molar-refractivity contribution < 1.29 is 22.5 Å². The Kier molecular flexibility index (Phi) is 3.93. The van der Waals surface area contributed by atoms with Crippen molar-refractivity contribution in [3.05, 3.63) is 41.0 Å². The summed E-state index contributed by atoms with van der Waals surface area (Å²) in [6.45, 7) is 2.11. The number of allylic oxidation sites excluding steroid dienone is 1. The Labute approximate surface area is 153 Å². The van der Waals surface area contributed by atoms with Gasteiger partial charge in [0.25, 0.3) is 0 Å². The maximum absolute atomic E-state index is 11.6. The topological polar surface area (TPSA) is 107 Å². The summed E-state index contributed by atoms with van der Waals surface area (Å²) in [6, 6.07) is 5.39. The van der Waals surface area contributed by atoms with E-state index in [1.54, 1.807) is 12.1 Å². The standard InChI is InChI=1S/C19H23NO5S/c1-19-9-8-14-13-5-3-12(25-26(20,23)24)10-11(13)2-4-15(14)16(19)6-7-17(19)18(21)22/h3,5,7,10,14-16H,2,4,6,8-9H2,1H3,(H,21,22)(H2,20,23,24). The van der Waals surface area contributed by atoms with Crippen LogP contribution < -0.4 is 9.32 Å². The fourth-order valence-electron chi connectivity index (χ4n) is 5.64. The first kappa shape index (κ1) is 17.5. The zero-order valence-corrected chi connectivity index (χ0v) is 15.5. The molecule has 6 nitrogen and oxygen atoms in total. The van der Waals surface area contributed by atoms with Crippen LogP contribution in [-0.2, 0) is 21.5 Å². The SMILES string of the molecule is CC12CCC3c4ccc(OS(N)(=O)=O)cc4CCC3C1CC=C2C(=O)O. The normalized spacial score (nSPS) is 32.8. The van der Waals surface area contributed by atoms with Crippen molar-refractivity contribution in [2.24, 2.45) is 22.4 Å². The number of carboxylic acids is 1. The molecule has 4 unspecified atom stereocenters. The van der Waals surface area contributed by atoms with Gasteiger partial charge in [-0.2, -0.15) is 13.6 Å². The summed E-state index contributed by atoms with van der Waals surface area (Å²) in [7, 11) is -4.02. The van der Waals surface area contributed by atoms with Crippen LogP contribution in [0, 0.1) is 17.3 Å². The monoisotopic (exact) mass is 377 g/mol. The van der Waals surface area contributed by atoms with Crippen LogP contribution in [0.15, 0.2) is 29.8 Å². The number of hydrogen-bond donors (Lipinski definition) is 2. The second-order valence-electron chi connectivity index (χ2n) is 7.97. The lowest BCUT2D eigenvalue weighted by atomic mass is 9.54. The van der Waals surface area contributed by atoms with Crippen LogP contribution in [0.3, 0.4) is 0 Å². The van der Waals surface area contributed by atoms with Crippen LogP contribution in [0.2, 0.25) is 0 Å². The van der Waals surface area contributed by atoms with Crippen LogP contribution in [0.4, 0.5) is 0 Å². The van der Waals surface area contributed by atoms with Crippen molar-refractivity contribution in [3.8, 4) is 5.75 Å². The highest BCUT2D eigenvalue weighted by Gasteiger charge is 2.53. The fourth-order valence-corrected chi connectivity index (χ4v) is 6.02. The minimum Gasteiger partial charge on any atom is -0.478 e. The van der Waals surface area contributed by atoms with Gasteiger partial charge in [-0.1, -0.05) is 19.1 Å². The van der Waals surface area contributed by atoms with Gasteiger partial charge in [-0.25, -0.2) is 4.79 Å². The zero-order valence-electron chi connectivity index (χ0n) is 14.6. The maximum atomic E-state index is 11.6. The molecule has 3 N–H and O–H groups in total. The van der Waals surface area contributed by atoms with Crippen molar-refractivity contribution in [1.82, 2.24) is 0 Å². The Bertz CT molecular complexity index is 907.